The van der Waals surface area contributed by atoms with Crippen molar-refractivity contribution in [2.45, 2.75) is 122 Å². The van der Waals surface area contributed by atoms with Crippen molar-refractivity contribution in [2.75, 3.05) is 13.2 Å². The van der Waals surface area contributed by atoms with E-state index >= 15 is 0 Å². The van der Waals surface area contributed by atoms with E-state index in [1.807, 2.05) is 24.3 Å². The van der Waals surface area contributed by atoms with E-state index in [1.54, 1.807) is 0 Å². The van der Waals surface area contributed by atoms with Crippen LogP contribution in [0.5, 0.6) is 11.5 Å². The summed E-state index contributed by atoms with van der Waals surface area (Å²) in [5.41, 5.74) is 0.840. The fourth-order valence-corrected chi connectivity index (χ4v) is 4.11. The van der Waals surface area contributed by atoms with Gasteiger partial charge in [-0.15, -0.1) is 18.9 Å². The largest absolute Gasteiger partial charge is 0.493 e. The van der Waals surface area contributed by atoms with Gasteiger partial charge in [-0.3, -0.25) is 0 Å². The van der Waals surface area contributed by atoms with Gasteiger partial charge in [0.25, 0.3) is 0 Å². The molecule has 0 aliphatic rings. The van der Waals surface area contributed by atoms with Crippen LogP contribution in [0.15, 0.2) is 30.9 Å². The van der Waals surface area contributed by atoms with Crippen LogP contribution in [-0.4, -0.2) is 18.3 Å². The van der Waals surface area contributed by atoms with Crippen molar-refractivity contribution >= 4 is 0 Å². The molecule has 0 aromatic heterocycles. The summed E-state index contributed by atoms with van der Waals surface area (Å²) in [6, 6.07) is 5.78. The molecule has 0 saturated carbocycles. The maximum Gasteiger partial charge on any atom is 0.123 e. The van der Waals surface area contributed by atoms with Gasteiger partial charge in [0.15, 0.2) is 0 Å². The van der Waals surface area contributed by atoms with Gasteiger partial charge in [-0.1, -0.05) is 83.1 Å². The Morgan fingerprint density at radius 2 is 1.12 bits per heavy atom. The first-order valence-corrected chi connectivity index (χ1v) is 13.8. The smallest absolute Gasteiger partial charge is 0.123 e. The summed E-state index contributed by atoms with van der Waals surface area (Å²) in [7, 11) is 0. The second-order valence-corrected chi connectivity index (χ2v) is 9.36. The lowest BCUT2D eigenvalue weighted by Gasteiger charge is -2.12. The zero-order valence-corrected chi connectivity index (χ0v) is 21.7. The Hall–Kier alpha value is -1.92. The van der Waals surface area contributed by atoms with Gasteiger partial charge in [-0.05, 0) is 49.8 Å². The summed E-state index contributed by atoms with van der Waals surface area (Å²) >= 11 is 0. The van der Waals surface area contributed by atoms with E-state index < -0.39 is 0 Å². The molecule has 0 spiro atoms. The van der Waals surface area contributed by atoms with E-state index in [1.165, 1.54) is 83.5 Å². The molecule has 3 nitrogen and oxygen atoms in total. The van der Waals surface area contributed by atoms with E-state index in [4.69, 9.17) is 15.9 Å². The molecule has 0 aliphatic carbocycles. The standard InChI is InChI=1S/C31H50O3/c1-3-5-7-9-11-13-14-16-18-20-22-24-34-31-26-29(28-32)25-30(27-31)33-23-21-19-17-15-12-10-8-6-4-2/h2-3,25-27,32H,1,5-24,28H2. The summed E-state index contributed by atoms with van der Waals surface area (Å²) in [5, 5.41) is 9.58. The molecule has 0 amide bonds. The molecule has 1 aromatic rings. The number of rotatable bonds is 24. The monoisotopic (exact) mass is 470 g/mol. The number of unbranched alkanes of at least 4 members (excludes halogenated alkanes) is 16. The molecule has 0 saturated heterocycles. The second kappa shape index (κ2) is 22.9. The predicted octanol–water partition coefficient (Wildman–Crippen LogP) is 8.78. The van der Waals surface area contributed by atoms with Gasteiger partial charge >= 0.3 is 0 Å². The molecule has 0 bridgehead atoms. The third-order valence-corrected chi connectivity index (χ3v) is 6.18. The van der Waals surface area contributed by atoms with Crippen molar-refractivity contribution in [3.63, 3.8) is 0 Å². The molecular weight excluding hydrogens is 420 g/mol. The zero-order valence-electron chi connectivity index (χ0n) is 21.7. The van der Waals surface area contributed by atoms with E-state index in [0.29, 0.717) is 6.61 Å². The molecule has 0 radical (unpaired) electrons. The van der Waals surface area contributed by atoms with E-state index in [2.05, 4.69) is 12.5 Å². The molecule has 0 fully saturated rings. The van der Waals surface area contributed by atoms with Crippen LogP contribution in [0.1, 0.15) is 121 Å². The van der Waals surface area contributed by atoms with Gasteiger partial charge in [0.05, 0.1) is 19.8 Å². The number of allylic oxidation sites excluding steroid dienone is 1. The average molecular weight is 471 g/mol. The first-order valence-electron chi connectivity index (χ1n) is 13.8. The number of hydrogen-bond donors (Lipinski definition) is 1. The Morgan fingerprint density at radius 1 is 0.676 bits per heavy atom. The SMILES string of the molecule is C#CCCCCCCCCCOc1cc(CO)cc(OCCCCCCCCCCCC=C)c1. The van der Waals surface area contributed by atoms with E-state index in [9.17, 15) is 5.11 Å². The minimum atomic E-state index is 0.000819. The number of aliphatic hydroxyl groups excluding tert-OH is 1. The Balaban J connectivity index is 2.10. The molecule has 1 rings (SSSR count). The van der Waals surface area contributed by atoms with Crippen molar-refractivity contribution < 1.29 is 14.6 Å². The number of ether oxygens (including phenoxy) is 2. The lowest BCUT2D eigenvalue weighted by Crippen LogP contribution is -2.01. The summed E-state index contributed by atoms with van der Waals surface area (Å²) in [6.45, 7) is 5.20. The van der Waals surface area contributed by atoms with Crippen molar-refractivity contribution in [2.24, 2.45) is 0 Å². The minimum absolute atomic E-state index is 0.000819. The minimum Gasteiger partial charge on any atom is -0.493 e. The zero-order chi connectivity index (χ0) is 24.5. The molecule has 34 heavy (non-hydrogen) atoms. The van der Waals surface area contributed by atoms with E-state index in [-0.39, 0.29) is 6.61 Å². The molecule has 192 valence electrons. The Labute approximate surface area is 210 Å². The molecule has 3 heteroatoms. The van der Waals surface area contributed by atoms with Gasteiger partial charge in [-0.2, -0.15) is 0 Å². The Morgan fingerprint density at radius 3 is 1.56 bits per heavy atom. The lowest BCUT2D eigenvalue weighted by molar-refractivity contribution is 0.271. The average Bonchev–Trinajstić information content (AvgIpc) is 2.85. The molecule has 0 unspecified atom stereocenters. The highest BCUT2D eigenvalue weighted by atomic mass is 16.5. The third kappa shape index (κ3) is 17.5. The fourth-order valence-electron chi connectivity index (χ4n) is 4.11. The second-order valence-electron chi connectivity index (χ2n) is 9.36. The van der Waals surface area contributed by atoms with Crippen molar-refractivity contribution in [3.05, 3.63) is 36.4 Å². The van der Waals surface area contributed by atoms with Gasteiger partial charge in [0.1, 0.15) is 11.5 Å². The van der Waals surface area contributed by atoms with Gasteiger partial charge < -0.3 is 14.6 Å². The molecule has 1 N–H and O–H groups in total. The normalized spacial score (nSPS) is 10.7. The number of benzene rings is 1. The number of aliphatic hydroxyl groups is 1. The van der Waals surface area contributed by atoms with Gasteiger partial charge in [0.2, 0.25) is 0 Å². The van der Waals surface area contributed by atoms with Crippen LogP contribution in [0.2, 0.25) is 0 Å². The van der Waals surface area contributed by atoms with Crippen LogP contribution in [0.3, 0.4) is 0 Å². The molecule has 0 atom stereocenters. The Kier molecular flexibility index (Phi) is 20.2. The van der Waals surface area contributed by atoms with Crippen LogP contribution in [0.4, 0.5) is 0 Å². The molecular formula is C31H50O3. The van der Waals surface area contributed by atoms with Crippen molar-refractivity contribution in [1.29, 1.82) is 0 Å². The van der Waals surface area contributed by atoms with Crippen LogP contribution in [0.25, 0.3) is 0 Å². The third-order valence-electron chi connectivity index (χ3n) is 6.18. The van der Waals surface area contributed by atoms with Crippen LogP contribution >= 0.6 is 0 Å². The number of terminal acetylenes is 1. The van der Waals surface area contributed by atoms with Crippen LogP contribution in [0, 0.1) is 12.3 Å². The van der Waals surface area contributed by atoms with Gasteiger partial charge in [0, 0.05) is 12.5 Å². The number of hydrogen-bond acceptors (Lipinski definition) is 3. The molecule has 0 heterocycles. The highest BCUT2D eigenvalue weighted by Gasteiger charge is 2.04. The fraction of sp³-hybridized carbons (Fsp3) is 0.677. The maximum absolute atomic E-state index is 9.58. The topological polar surface area (TPSA) is 38.7 Å². The lowest BCUT2D eigenvalue weighted by atomic mass is 10.1. The summed E-state index contributed by atoms with van der Waals surface area (Å²) in [5.74, 6) is 4.30. The molecule has 0 aliphatic heterocycles. The maximum atomic E-state index is 9.58. The first kappa shape index (κ1) is 30.1. The van der Waals surface area contributed by atoms with E-state index in [0.717, 1.165) is 55.8 Å². The molecule has 1 aromatic carbocycles. The summed E-state index contributed by atoms with van der Waals surface area (Å²) in [4.78, 5) is 0. The highest BCUT2D eigenvalue weighted by molar-refractivity contribution is 5.38. The highest BCUT2D eigenvalue weighted by Crippen LogP contribution is 2.24. The van der Waals surface area contributed by atoms with Crippen LogP contribution < -0.4 is 9.47 Å². The predicted molar refractivity (Wildman–Crippen MR) is 145 cm³/mol. The Bertz CT molecular complexity index is 647. The van der Waals surface area contributed by atoms with Gasteiger partial charge in [-0.25, -0.2) is 0 Å². The van der Waals surface area contributed by atoms with Crippen molar-refractivity contribution in [3.8, 4) is 23.8 Å². The first-order chi connectivity index (χ1) is 16.8. The van der Waals surface area contributed by atoms with Crippen molar-refractivity contribution in [1.82, 2.24) is 0 Å². The summed E-state index contributed by atoms with van der Waals surface area (Å²) in [6.07, 6.45) is 29.4. The van der Waals surface area contributed by atoms with Crippen LogP contribution in [-0.2, 0) is 6.61 Å². The quantitative estimate of drug-likeness (QED) is 0.0932. The summed E-state index contributed by atoms with van der Waals surface area (Å²) < 4.78 is 11.9.